The predicted octanol–water partition coefficient (Wildman–Crippen LogP) is 5.67. The molecule has 0 aromatic heterocycles. The van der Waals surface area contributed by atoms with Gasteiger partial charge in [0.15, 0.2) is 0 Å². The summed E-state index contributed by atoms with van der Waals surface area (Å²) in [5.41, 5.74) is -3.09. The molecule has 0 amide bonds. The zero-order valence-electron chi connectivity index (χ0n) is 15.8. The average molecular weight is 349 g/mol. The van der Waals surface area contributed by atoms with Crippen molar-refractivity contribution < 1.29 is 13.6 Å². The summed E-state index contributed by atoms with van der Waals surface area (Å²) < 4.78 is 24.2. The molecule has 2 unspecified atom stereocenters. The maximum atomic E-state index is 12.6. The Balaban J connectivity index is 5.56. The fourth-order valence-corrected chi connectivity index (χ4v) is 3.32. The highest BCUT2D eigenvalue weighted by Gasteiger charge is 2.53. The van der Waals surface area contributed by atoms with Crippen LogP contribution in [0.2, 0.25) is 0 Å². The van der Waals surface area contributed by atoms with Gasteiger partial charge in [0.2, 0.25) is 0 Å². The van der Waals surface area contributed by atoms with E-state index in [2.05, 4.69) is 25.0 Å². The van der Waals surface area contributed by atoms with Crippen LogP contribution in [0.5, 0.6) is 0 Å². The van der Waals surface area contributed by atoms with Crippen molar-refractivity contribution in [3.8, 4) is 24.7 Å². The van der Waals surface area contributed by atoms with Gasteiger partial charge in [-0.2, -0.15) is 0 Å². The Hall–Kier alpha value is -1.38. The van der Waals surface area contributed by atoms with E-state index in [0.717, 1.165) is 0 Å². The Kier molecular flexibility index (Phi) is 7.67. The minimum Gasteiger partial charge on any atom is -0.119 e. The maximum Gasteiger partial charge on any atom is 0.698 e. The van der Waals surface area contributed by atoms with Crippen molar-refractivity contribution in [2.45, 2.75) is 65.6 Å². The maximum absolute atomic E-state index is 12.6. The monoisotopic (exact) mass is 349 g/mol. The SMILES string of the molecule is C#CC(C)(C)C(C)(CC=C)O[P+](=O)OC(C)(CC=C)C(C)(C)C#C. The molecule has 2 atom stereocenters. The summed E-state index contributed by atoms with van der Waals surface area (Å²) in [7, 11) is -2.46. The van der Waals surface area contributed by atoms with E-state index in [1.807, 2.05) is 41.5 Å². The molecule has 24 heavy (non-hydrogen) atoms. The molecule has 0 spiro atoms. The highest BCUT2D eigenvalue weighted by molar-refractivity contribution is 7.33. The summed E-state index contributed by atoms with van der Waals surface area (Å²) in [6, 6.07) is 0. The third-order valence-electron chi connectivity index (χ3n) is 4.99. The van der Waals surface area contributed by atoms with Gasteiger partial charge >= 0.3 is 8.25 Å². The summed E-state index contributed by atoms with van der Waals surface area (Å²) in [6.07, 6.45) is 15.5. The Morgan fingerprint density at radius 3 is 1.38 bits per heavy atom. The van der Waals surface area contributed by atoms with Crippen LogP contribution in [0.1, 0.15) is 54.4 Å². The molecule has 0 aromatic carbocycles. The van der Waals surface area contributed by atoms with Crippen LogP contribution in [0, 0.1) is 35.5 Å². The van der Waals surface area contributed by atoms with Crippen molar-refractivity contribution in [2.75, 3.05) is 0 Å². The fourth-order valence-electron chi connectivity index (χ4n) is 2.02. The molecule has 3 nitrogen and oxygen atoms in total. The Labute approximate surface area is 148 Å². The minimum absolute atomic E-state index is 0.436. The van der Waals surface area contributed by atoms with Crippen molar-refractivity contribution in [2.24, 2.45) is 10.8 Å². The van der Waals surface area contributed by atoms with Gasteiger partial charge in [-0.25, -0.2) is 0 Å². The van der Waals surface area contributed by atoms with Gasteiger partial charge < -0.3 is 0 Å². The molecular weight excluding hydrogens is 319 g/mol. The quantitative estimate of drug-likeness (QED) is 0.290. The third-order valence-corrected chi connectivity index (χ3v) is 6.09. The Morgan fingerprint density at radius 2 is 1.17 bits per heavy atom. The molecule has 0 saturated carbocycles. The highest BCUT2D eigenvalue weighted by Crippen LogP contribution is 2.49. The first kappa shape index (κ1) is 22.6. The summed E-state index contributed by atoms with van der Waals surface area (Å²) >= 11 is 0. The Bertz CT molecular complexity index is 527. The third kappa shape index (κ3) is 4.81. The zero-order chi connectivity index (χ0) is 19.2. The van der Waals surface area contributed by atoms with Crippen LogP contribution in [-0.2, 0) is 13.6 Å². The summed E-state index contributed by atoms with van der Waals surface area (Å²) in [5.74, 6) is 5.39. The van der Waals surface area contributed by atoms with Crippen LogP contribution in [0.4, 0.5) is 0 Å². The number of terminal acetylenes is 2. The van der Waals surface area contributed by atoms with E-state index in [1.165, 1.54) is 0 Å². The van der Waals surface area contributed by atoms with Crippen LogP contribution in [-0.4, -0.2) is 11.2 Å². The van der Waals surface area contributed by atoms with Crippen molar-refractivity contribution in [1.82, 2.24) is 0 Å². The van der Waals surface area contributed by atoms with Gasteiger partial charge in [0.1, 0.15) is 11.2 Å². The van der Waals surface area contributed by atoms with Crippen LogP contribution in [0.3, 0.4) is 0 Å². The molecule has 4 heteroatoms. The predicted molar refractivity (Wildman–Crippen MR) is 101 cm³/mol. The normalized spacial score (nSPS) is 17.6. The summed E-state index contributed by atoms with van der Waals surface area (Å²) in [5, 5.41) is 0. The van der Waals surface area contributed by atoms with Crippen LogP contribution in [0.25, 0.3) is 0 Å². The summed E-state index contributed by atoms with van der Waals surface area (Å²) in [6.45, 7) is 18.5. The van der Waals surface area contributed by atoms with Crippen LogP contribution >= 0.6 is 8.25 Å². The van der Waals surface area contributed by atoms with E-state index in [1.54, 1.807) is 12.2 Å². The molecule has 0 aliphatic carbocycles. The molecule has 0 radical (unpaired) electrons. The first-order chi connectivity index (χ1) is 10.8. The van der Waals surface area contributed by atoms with Gasteiger partial charge in [-0.1, -0.05) is 24.0 Å². The van der Waals surface area contributed by atoms with E-state index in [0.29, 0.717) is 12.8 Å². The van der Waals surface area contributed by atoms with E-state index in [9.17, 15) is 4.57 Å². The van der Waals surface area contributed by atoms with Crippen molar-refractivity contribution in [1.29, 1.82) is 0 Å². The first-order valence-corrected chi connectivity index (χ1v) is 8.97. The standard InChI is InChI=1S/C20H30O3P/c1-11-15-19(9,17(5,6)13-3)22-24(21)23-20(10,16-12-2)18(7,8)14-4/h3-4,11-12H,1-2,15-16H2,5-10H3/q+1. The van der Waals surface area contributed by atoms with E-state index >= 15 is 0 Å². The second kappa shape index (κ2) is 8.13. The highest BCUT2D eigenvalue weighted by atomic mass is 31.1. The topological polar surface area (TPSA) is 35.5 Å². The largest absolute Gasteiger partial charge is 0.698 e. The summed E-state index contributed by atoms with van der Waals surface area (Å²) in [4.78, 5) is 0. The van der Waals surface area contributed by atoms with Crippen LogP contribution in [0.15, 0.2) is 25.3 Å². The van der Waals surface area contributed by atoms with Gasteiger partial charge in [0, 0.05) is 17.4 Å². The number of hydrogen-bond donors (Lipinski definition) is 0. The second-order valence-corrected chi connectivity index (χ2v) is 8.20. The van der Waals surface area contributed by atoms with Gasteiger partial charge in [-0.05, 0) is 41.5 Å². The molecule has 0 heterocycles. The fraction of sp³-hybridized carbons (Fsp3) is 0.600. The van der Waals surface area contributed by atoms with Crippen molar-refractivity contribution in [3.63, 3.8) is 0 Å². The minimum atomic E-state index is -2.46. The molecular formula is C20H30O3P+. The Morgan fingerprint density at radius 1 is 0.875 bits per heavy atom. The molecule has 0 aliphatic heterocycles. The first-order valence-electron chi connectivity index (χ1n) is 7.87. The molecule has 132 valence electrons. The lowest BCUT2D eigenvalue weighted by Gasteiger charge is -2.37. The lowest BCUT2D eigenvalue weighted by Crippen LogP contribution is -2.44. The zero-order valence-corrected chi connectivity index (χ0v) is 16.7. The van der Waals surface area contributed by atoms with Gasteiger partial charge in [-0.3, -0.25) is 0 Å². The van der Waals surface area contributed by atoms with Crippen molar-refractivity contribution in [3.05, 3.63) is 25.3 Å². The molecule has 0 aromatic rings. The average Bonchev–Trinajstić information content (AvgIpc) is 2.46. The lowest BCUT2D eigenvalue weighted by atomic mass is 9.75. The van der Waals surface area contributed by atoms with E-state index in [4.69, 9.17) is 21.9 Å². The van der Waals surface area contributed by atoms with Gasteiger partial charge in [0.05, 0.1) is 10.8 Å². The molecule has 0 bridgehead atoms. The molecule has 0 N–H and O–H groups in total. The van der Waals surface area contributed by atoms with Gasteiger partial charge in [-0.15, -0.1) is 35.1 Å². The number of rotatable bonds is 10. The van der Waals surface area contributed by atoms with E-state index < -0.39 is 30.3 Å². The number of hydrogen-bond acceptors (Lipinski definition) is 3. The smallest absolute Gasteiger partial charge is 0.119 e. The van der Waals surface area contributed by atoms with E-state index in [-0.39, 0.29) is 0 Å². The van der Waals surface area contributed by atoms with Crippen LogP contribution < -0.4 is 0 Å². The molecule has 0 fully saturated rings. The lowest BCUT2D eigenvalue weighted by molar-refractivity contribution is -0.0406. The molecule has 0 saturated heterocycles. The second-order valence-electron chi connectivity index (χ2n) is 7.39. The molecule has 0 rings (SSSR count). The molecule has 0 aliphatic rings. The van der Waals surface area contributed by atoms with Crippen molar-refractivity contribution >= 4 is 8.25 Å². The van der Waals surface area contributed by atoms with Gasteiger partial charge in [0.25, 0.3) is 0 Å².